The van der Waals surface area contributed by atoms with Crippen LogP contribution in [0, 0.1) is 13.8 Å². The fourth-order valence-electron chi connectivity index (χ4n) is 2.42. The summed E-state index contributed by atoms with van der Waals surface area (Å²) in [6, 6.07) is 14.8. The zero-order chi connectivity index (χ0) is 15.0. The first-order valence-corrected chi connectivity index (χ1v) is 6.72. The molecule has 0 aliphatic carbocycles. The standard InChI is InChI=1S/C18H14O3/c1-11-8-9-14(10-12(11)2)16-15(17(19)21-18(16)20)13-6-4-3-5-7-13/h3-10H,1-2H3. The van der Waals surface area contributed by atoms with Crippen LogP contribution in [0.3, 0.4) is 0 Å². The van der Waals surface area contributed by atoms with E-state index in [2.05, 4.69) is 0 Å². The van der Waals surface area contributed by atoms with Gasteiger partial charge in [0.25, 0.3) is 0 Å². The van der Waals surface area contributed by atoms with Crippen LogP contribution in [-0.2, 0) is 14.3 Å². The highest BCUT2D eigenvalue weighted by Gasteiger charge is 2.34. The molecule has 0 amide bonds. The third-order valence-corrected chi connectivity index (χ3v) is 3.70. The molecule has 2 aromatic carbocycles. The number of hydrogen-bond donors (Lipinski definition) is 0. The molecule has 1 aliphatic rings. The molecule has 0 aromatic heterocycles. The van der Waals surface area contributed by atoms with Gasteiger partial charge in [0.2, 0.25) is 0 Å². The Kier molecular flexibility index (Phi) is 3.18. The van der Waals surface area contributed by atoms with Crippen LogP contribution in [0.1, 0.15) is 22.3 Å². The Morgan fingerprint density at radius 3 is 1.95 bits per heavy atom. The molecule has 0 saturated heterocycles. The zero-order valence-corrected chi connectivity index (χ0v) is 11.8. The normalized spacial score (nSPS) is 14.6. The first kappa shape index (κ1) is 13.3. The lowest BCUT2D eigenvalue weighted by Crippen LogP contribution is -2.02. The van der Waals surface area contributed by atoms with E-state index >= 15 is 0 Å². The molecular formula is C18H14O3. The number of benzene rings is 2. The predicted molar refractivity (Wildman–Crippen MR) is 80.3 cm³/mol. The number of ether oxygens (including phenoxy) is 1. The van der Waals surface area contributed by atoms with E-state index in [1.54, 1.807) is 12.1 Å². The second kappa shape index (κ2) is 5.02. The van der Waals surface area contributed by atoms with Crippen molar-refractivity contribution >= 4 is 23.1 Å². The average Bonchev–Trinajstić information content (AvgIpc) is 2.77. The van der Waals surface area contributed by atoms with Crippen molar-refractivity contribution in [3.8, 4) is 0 Å². The van der Waals surface area contributed by atoms with Crippen LogP contribution in [0.15, 0.2) is 48.5 Å². The summed E-state index contributed by atoms with van der Waals surface area (Å²) in [6.45, 7) is 3.98. The molecule has 0 spiro atoms. The van der Waals surface area contributed by atoms with Gasteiger partial charge in [-0.3, -0.25) is 0 Å². The van der Waals surface area contributed by atoms with Crippen molar-refractivity contribution in [3.05, 3.63) is 70.8 Å². The van der Waals surface area contributed by atoms with Gasteiger partial charge in [0.15, 0.2) is 0 Å². The van der Waals surface area contributed by atoms with Crippen LogP contribution < -0.4 is 0 Å². The largest absolute Gasteiger partial charge is 0.386 e. The number of carbonyl (C=O) groups is 2. The minimum absolute atomic E-state index is 0.337. The van der Waals surface area contributed by atoms with Crippen molar-refractivity contribution in [2.75, 3.05) is 0 Å². The molecule has 3 nitrogen and oxygen atoms in total. The van der Waals surface area contributed by atoms with Crippen LogP contribution >= 0.6 is 0 Å². The molecule has 0 unspecified atom stereocenters. The molecule has 0 bridgehead atoms. The molecule has 3 rings (SSSR count). The topological polar surface area (TPSA) is 43.4 Å². The minimum Gasteiger partial charge on any atom is -0.386 e. The summed E-state index contributed by atoms with van der Waals surface area (Å²) in [6.07, 6.45) is 0. The van der Waals surface area contributed by atoms with Crippen LogP contribution in [-0.4, -0.2) is 11.9 Å². The third-order valence-electron chi connectivity index (χ3n) is 3.70. The molecular weight excluding hydrogens is 264 g/mol. The summed E-state index contributed by atoms with van der Waals surface area (Å²) in [5.41, 5.74) is 4.30. The molecule has 0 radical (unpaired) electrons. The van der Waals surface area contributed by atoms with E-state index in [1.807, 2.05) is 50.2 Å². The quantitative estimate of drug-likeness (QED) is 0.625. The van der Waals surface area contributed by atoms with Crippen LogP contribution in [0.5, 0.6) is 0 Å². The maximum absolute atomic E-state index is 12.1. The van der Waals surface area contributed by atoms with Gasteiger partial charge in [-0.2, -0.15) is 0 Å². The SMILES string of the molecule is Cc1ccc(C2=C(c3ccccc3)C(=O)OC2=O)cc1C. The van der Waals surface area contributed by atoms with E-state index in [-0.39, 0.29) is 0 Å². The van der Waals surface area contributed by atoms with Crippen LogP contribution in [0.2, 0.25) is 0 Å². The second-order valence-electron chi connectivity index (χ2n) is 5.09. The average molecular weight is 278 g/mol. The summed E-state index contributed by atoms with van der Waals surface area (Å²) in [5, 5.41) is 0. The predicted octanol–water partition coefficient (Wildman–Crippen LogP) is 3.30. The Labute approximate surface area is 122 Å². The van der Waals surface area contributed by atoms with E-state index in [4.69, 9.17) is 4.74 Å². The van der Waals surface area contributed by atoms with Crippen LogP contribution in [0.4, 0.5) is 0 Å². The van der Waals surface area contributed by atoms with Crippen molar-refractivity contribution in [1.82, 2.24) is 0 Å². The lowest BCUT2D eigenvalue weighted by molar-refractivity contribution is -0.149. The van der Waals surface area contributed by atoms with Gasteiger partial charge in [-0.25, -0.2) is 9.59 Å². The Hall–Kier alpha value is -2.68. The molecule has 0 atom stereocenters. The highest BCUT2D eigenvalue weighted by atomic mass is 16.6. The monoisotopic (exact) mass is 278 g/mol. The van der Waals surface area contributed by atoms with Crippen molar-refractivity contribution in [2.45, 2.75) is 13.8 Å². The number of rotatable bonds is 2. The summed E-state index contributed by atoms with van der Waals surface area (Å²) in [5.74, 6) is -1.17. The lowest BCUT2D eigenvalue weighted by atomic mass is 9.94. The molecule has 104 valence electrons. The van der Waals surface area contributed by atoms with Gasteiger partial charge in [-0.1, -0.05) is 48.5 Å². The van der Waals surface area contributed by atoms with Gasteiger partial charge in [0, 0.05) is 0 Å². The Balaban J connectivity index is 2.24. The van der Waals surface area contributed by atoms with Crippen molar-refractivity contribution in [1.29, 1.82) is 0 Å². The second-order valence-corrected chi connectivity index (χ2v) is 5.09. The van der Waals surface area contributed by atoms with Crippen molar-refractivity contribution in [3.63, 3.8) is 0 Å². The number of esters is 2. The van der Waals surface area contributed by atoms with E-state index in [0.717, 1.165) is 11.1 Å². The fraction of sp³-hybridized carbons (Fsp3) is 0.111. The minimum atomic E-state index is -0.584. The molecule has 21 heavy (non-hydrogen) atoms. The highest BCUT2D eigenvalue weighted by Crippen LogP contribution is 2.34. The van der Waals surface area contributed by atoms with Gasteiger partial charge < -0.3 is 4.74 Å². The molecule has 0 fully saturated rings. The van der Waals surface area contributed by atoms with Gasteiger partial charge in [-0.05, 0) is 36.1 Å². The molecule has 3 heteroatoms. The number of carbonyl (C=O) groups excluding carboxylic acids is 2. The van der Waals surface area contributed by atoms with Gasteiger partial charge in [-0.15, -0.1) is 0 Å². The molecule has 1 aliphatic heterocycles. The molecule has 2 aromatic rings. The van der Waals surface area contributed by atoms with Crippen molar-refractivity contribution < 1.29 is 14.3 Å². The first-order chi connectivity index (χ1) is 10.1. The smallest absolute Gasteiger partial charge is 0.347 e. The van der Waals surface area contributed by atoms with E-state index in [1.165, 1.54) is 0 Å². The van der Waals surface area contributed by atoms with E-state index < -0.39 is 11.9 Å². The molecule has 1 heterocycles. The van der Waals surface area contributed by atoms with Gasteiger partial charge >= 0.3 is 11.9 Å². The number of aryl methyl sites for hydroxylation is 2. The molecule has 0 saturated carbocycles. The zero-order valence-electron chi connectivity index (χ0n) is 11.8. The summed E-state index contributed by atoms with van der Waals surface area (Å²) >= 11 is 0. The Bertz CT molecular complexity index is 770. The number of hydrogen-bond acceptors (Lipinski definition) is 3. The number of cyclic esters (lactones) is 2. The first-order valence-electron chi connectivity index (χ1n) is 6.72. The van der Waals surface area contributed by atoms with E-state index in [9.17, 15) is 9.59 Å². The Morgan fingerprint density at radius 2 is 1.33 bits per heavy atom. The highest BCUT2D eigenvalue weighted by molar-refractivity contribution is 6.44. The summed E-state index contributed by atoms with van der Waals surface area (Å²) < 4.78 is 4.81. The maximum Gasteiger partial charge on any atom is 0.347 e. The third kappa shape index (κ3) is 2.27. The van der Waals surface area contributed by atoms with Crippen molar-refractivity contribution in [2.24, 2.45) is 0 Å². The lowest BCUT2D eigenvalue weighted by Gasteiger charge is -2.06. The van der Waals surface area contributed by atoms with Gasteiger partial charge in [0.05, 0.1) is 11.1 Å². The molecule has 0 N–H and O–H groups in total. The van der Waals surface area contributed by atoms with Crippen LogP contribution in [0.25, 0.3) is 11.1 Å². The maximum atomic E-state index is 12.1. The van der Waals surface area contributed by atoms with E-state index in [0.29, 0.717) is 22.3 Å². The summed E-state index contributed by atoms with van der Waals surface area (Å²) in [4.78, 5) is 24.1. The fourth-order valence-corrected chi connectivity index (χ4v) is 2.42. The Morgan fingerprint density at radius 1 is 0.714 bits per heavy atom. The summed E-state index contributed by atoms with van der Waals surface area (Å²) in [7, 11) is 0. The van der Waals surface area contributed by atoms with Gasteiger partial charge in [0.1, 0.15) is 0 Å².